The second-order valence-electron chi connectivity index (χ2n) is 5.12. The average molecular weight is 326 g/mol. The van der Waals surface area contributed by atoms with Crippen molar-refractivity contribution in [3.8, 4) is 0 Å². The zero-order valence-electron chi connectivity index (χ0n) is 11.7. The second kappa shape index (κ2) is 8.70. The van der Waals surface area contributed by atoms with Crippen molar-refractivity contribution in [2.75, 3.05) is 13.2 Å². The third kappa shape index (κ3) is 5.11. The van der Waals surface area contributed by atoms with Crippen LogP contribution in [0.5, 0.6) is 0 Å². The summed E-state index contributed by atoms with van der Waals surface area (Å²) in [6.45, 7) is -0.951. The third-order valence-corrected chi connectivity index (χ3v) is 3.36. The smallest absolute Gasteiger partial charge is 0.332 e. The fraction of sp³-hybridized carbons (Fsp3) is 0.917. The Bertz CT molecular complexity index is 349. The Morgan fingerprint density at radius 3 is 2.27 bits per heavy atom. The molecule has 1 fully saturated rings. The standard InChI is InChI=1S/C12H22O10/c13-3-7-8(16)9(17)10(18)12(22-7)21-4-5(14)1-2-6(15)11(19)20/h5-10,12-18H,1-4H2,(H,19,20)/t5-,6+,7+,8-,9-,10+,12-/m0/s1. The number of hydrogen-bond donors (Lipinski definition) is 7. The van der Waals surface area contributed by atoms with E-state index < -0.39 is 55.5 Å². The molecule has 0 aromatic heterocycles. The van der Waals surface area contributed by atoms with Gasteiger partial charge in [-0.3, -0.25) is 0 Å². The first kappa shape index (κ1) is 19.2. The van der Waals surface area contributed by atoms with Gasteiger partial charge < -0.3 is 45.2 Å². The minimum absolute atomic E-state index is 0.0646. The SMILES string of the molecule is O=C(O)[C@H](O)CC[C@H](O)CO[C@H]1O[C@H](CO)[C@H](O)[C@H](O)[C@H]1O. The maximum atomic E-state index is 10.4. The highest BCUT2D eigenvalue weighted by molar-refractivity contribution is 5.71. The summed E-state index contributed by atoms with van der Waals surface area (Å²) in [6, 6.07) is 0. The Hall–Kier alpha value is -0.850. The second-order valence-corrected chi connectivity index (χ2v) is 5.12. The lowest BCUT2D eigenvalue weighted by Crippen LogP contribution is -2.59. The van der Waals surface area contributed by atoms with Crippen molar-refractivity contribution < 1.29 is 50.0 Å². The van der Waals surface area contributed by atoms with Crippen molar-refractivity contribution in [1.29, 1.82) is 0 Å². The zero-order valence-corrected chi connectivity index (χ0v) is 11.7. The van der Waals surface area contributed by atoms with E-state index in [0.717, 1.165) is 0 Å². The Labute approximate surface area is 126 Å². The summed E-state index contributed by atoms with van der Waals surface area (Å²) in [7, 11) is 0. The molecule has 0 radical (unpaired) electrons. The molecule has 7 N–H and O–H groups in total. The molecule has 0 amide bonds. The number of carboxylic acids is 1. The largest absolute Gasteiger partial charge is 0.479 e. The maximum absolute atomic E-state index is 10.4. The van der Waals surface area contributed by atoms with Crippen LogP contribution in [-0.2, 0) is 14.3 Å². The first-order valence-corrected chi connectivity index (χ1v) is 6.79. The molecular weight excluding hydrogens is 304 g/mol. The quantitative estimate of drug-likeness (QED) is 0.236. The van der Waals surface area contributed by atoms with Crippen LogP contribution in [-0.4, -0.2) is 97.8 Å². The number of carboxylic acid groups (broad SMARTS) is 1. The van der Waals surface area contributed by atoms with Crippen LogP contribution in [0.2, 0.25) is 0 Å². The molecule has 22 heavy (non-hydrogen) atoms. The molecule has 1 saturated heterocycles. The van der Waals surface area contributed by atoms with Gasteiger partial charge in [0.25, 0.3) is 0 Å². The minimum atomic E-state index is -1.60. The van der Waals surface area contributed by atoms with Gasteiger partial charge in [0.15, 0.2) is 12.4 Å². The molecular formula is C12H22O10. The van der Waals surface area contributed by atoms with E-state index in [-0.39, 0.29) is 19.4 Å². The highest BCUT2D eigenvalue weighted by atomic mass is 16.7. The van der Waals surface area contributed by atoms with Gasteiger partial charge in [-0.1, -0.05) is 0 Å². The van der Waals surface area contributed by atoms with Crippen LogP contribution < -0.4 is 0 Å². The number of rotatable bonds is 8. The van der Waals surface area contributed by atoms with E-state index in [1.807, 2.05) is 0 Å². The van der Waals surface area contributed by atoms with Crippen molar-refractivity contribution in [2.24, 2.45) is 0 Å². The molecule has 7 atom stereocenters. The summed E-state index contributed by atoms with van der Waals surface area (Å²) in [4.78, 5) is 10.4. The van der Waals surface area contributed by atoms with Gasteiger partial charge in [0.1, 0.15) is 24.4 Å². The molecule has 0 spiro atoms. The van der Waals surface area contributed by atoms with Gasteiger partial charge in [0, 0.05) is 0 Å². The van der Waals surface area contributed by atoms with E-state index in [4.69, 9.17) is 24.8 Å². The topological polar surface area (TPSA) is 177 Å². The Kier molecular flexibility index (Phi) is 7.59. The molecule has 0 saturated carbocycles. The number of carbonyl (C=O) groups is 1. The number of aliphatic hydroxyl groups excluding tert-OH is 6. The van der Waals surface area contributed by atoms with E-state index in [0.29, 0.717) is 0 Å². The monoisotopic (exact) mass is 326 g/mol. The Balaban J connectivity index is 2.40. The summed E-state index contributed by atoms with van der Waals surface area (Å²) < 4.78 is 10.1. The lowest BCUT2D eigenvalue weighted by atomic mass is 9.99. The molecule has 1 heterocycles. The van der Waals surface area contributed by atoms with Gasteiger partial charge in [0.2, 0.25) is 0 Å². The van der Waals surface area contributed by atoms with Crippen LogP contribution in [0, 0.1) is 0 Å². The van der Waals surface area contributed by atoms with Gasteiger partial charge >= 0.3 is 5.97 Å². The highest BCUT2D eigenvalue weighted by Crippen LogP contribution is 2.22. The summed E-state index contributed by atoms with van der Waals surface area (Å²) in [5, 5.41) is 64.9. The molecule has 0 aromatic rings. The normalized spacial score (nSPS) is 35.1. The van der Waals surface area contributed by atoms with Crippen LogP contribution >= 0.6 is 0 Å². The number of hydrogen-bond acceptors (Lipinski definition) is 9. The van der Waals surface area contributed by atoms with Gasteiger partial charge in [-0.2, -0.15) is 0 Å². The average Bonchev–Trinajstić information content (AvgIpc) is 2.49. The minimum Gasteiger partial charge on any atom is -0.479 e. The molecule has 0 bridgehead atoms. The third-order valence-electron chi connectivity index (χ3n) is 3.36. The summed E-state index contributed by atoms with van der Waals surface area (Å²) in [5.74, 6) is -1.40. The molecule has 1 aliphatic rings. The molecule has 10 nitrogen and oxygen atoms in total. The van der Waals surface area contributed by atoms with Crippen molar-refractivity contribution in [3.05, 3.63) is 0 Å². The predicted octanol–water partition coefficient (Wildman–Crippen LogP) is -3.61. The van der Waals surface area contributed by atoms with Crippen LogP contribution in [0.3, 0.4) is 0 Å². The molecule has 0 unspecified atom stereocenters. The number of ether oxygens (including phenoxy) is 2. The molecule has 1 rings (SSSR count). The summed E-state index contributed by atoms with van der Waals surface area (Å²) in [6.07, 6.45) is -10.1. The summed E-state index contributed by atoms with van der Waals surface area (Å²) in [5.41, 5.74) is 0. The van der Waals surface area contributed by atoms with Gasteiger partial charge in [0.05, 0.1) is 19.3 Å². The molecule has 10 heteroatoms. The van der Waals surface area contributed by atoms with E-state index in [9.17, 15) is 25.2 Å². The fourth-order valence-electron chi connectivity index (χ4n) is 1.97. The van der Waals surface area contributed by atoms with Gasteiger partial charge in [-0.15, -0.1) is 0 Å². The molecule has 1 aliphatic heterocycles. The van der Waals surface area contributed by atoms with E-state index in [1.54, 1.807) is 0 Å². The fourth-order valence-corrected chi connectivity index (χ4v) is 1.97. The number of aliphatic carboxylic acids is 1. The van der Waals surface area contributed by atoms with Gasteiger partial charge in [-0.05, 0) is 12.8 Å². The summed E-state index contributed by atoms with van der Waals surface area (Å²) >= 11 is 0. The predicted molar refractivity (Wildman–Crippen MR) is 68.6 cm³/mol. The maximum Gasteiger partial charge on any atom is 0.332 e. The van der Waals surface area contributed by atoms with E-state index >= 15 is 0 Å². The van der Waals surface area contributed by atoms with Crippen molar-refractivity contribution >= 4 is 5.97 Å². The zero-order chi connectivity index (χ0) is 16.9. The first-order chi connectivity index (χ1) is 10.3. The molecule has 0 aliphatic carbocycles. The first-order valence-electron chi connectivity index (χ1n) is 6.79. The highest BCUT2D eigenvalue weighted by Gasteiger charge is 2.44. The van der Waals surface area contributed by atoms with Crippen molar-refractivity contribution in [2.45, 2.75) is 55.8 Å². The molecule has 0 aromatic carbocycles. The van der Waals surface area contributed by atoms with Crippen LogP contribution in [0.25, 0.3) is 0 Å². The van der Waals surface area contributed by atoms with Crippen LogP contribution in [0.4, 0.5) is 0 Å². The van der Waals surface area contributed by atoms with Gasteiger partial charge in [-0.25, -0.2) is 4.79 Å². The lowest BCUT2D eigenvalue weighted by Gasteiger charge is -2.39. The van der Waals surface area contributed by atoms with E-state index in [2.05, 4.69) is 0 Å². The Morgan fingerprint density at radius 2 is 1.73 bits per heavy atom. The van der Waals surface area contributed by atoms with Crippen molar-refractivity contribution in [1.82, 2.24) is 0 Å². The van der Waals surface area contributed by atoms with Crippen molar-refractivity contribution in [3.63, 3.8) is 0 Å². The lowest BCUT2D eigenvalue weighted by molar-refractivity contribution is -0.304. The molecule has 130 valence electrons. The number of aliphatic hydroxyl groups is 6. The van der Waals surface area contributed by atoms with Crippen LogP contribution in [0.15, 0.2) is 0 Å². The Morgan fingerprint density at radius 1 is 1.09 bits per heavy atom. The van der Waals surface area contributed by atoms with Crippen LogP contribution in [0.1, 0.15) is 12.8 Å². The van der Waals surface area contributed by atoms with E-state index in [1.165, 1.54) is 0 Å².